The third-order valence-electron chi connectivity index (χ3n) is 7.55. The lowest BCUT2D eigenvalue weighted by molar-refractivity contribution is -0.0237. The van der Waals surface area contributed by atoms with Gasteiger partial charge in [0.2, 0.25) is 0 Å². The number of phosphoric acid groups is 1. The Labute approximate surface area is 258 Å². The average molecular weight is 621 g/mol. The van der Waals surface area contributed by atoms with Crippen LogP contribution in [0.2, 0.25) is 0 Å². The molecule has 0 saturated carbocycles. The summed E-state index contributed by atoms with van der Waals surface area (Å²) >= 11 is 0. The number of aliphatic hydroxyl groups is 3. The zero-order chi connectivity index (χ0) is 31.4. The van der Waals surface area contributed by atoms with Gasteiger partial charge in [0.1, 0.15) is 6.10 Å². The van der Waals surface area contributed by atoms with E-state index in [4.69, 9.17) is 4.52 Å². The Kier molecular flexibility index (Phi) is 12.8. The summed E-state index contributed by atoms with van der Waals surface area (Å²) in [6.07, 6.45) is -1.93. The number of aliphatic hydroxyl groups excluding tert-OH is 3. The first-order valence-corrected chi connectivity index (χ1v) is 16.1. The van der Waals surface area contributed by atoms with E-state index in [1.54, 1.807) is 0 Å². The summed E-state index contributed by atoms with van der Waals surface area (Å²) < 4.78 is 17.8. The van der Waals surface area contributed by atoms with Gasteiger partial charge in [-0.2, -0.15) is 0 Å². The zero-order valence-electron chi connectivity index (χ0n) is 24.4. The van der Waals surface area contributed by atoms with Gasteiger partial charge in [-0.25, -0.2) is 4.57 Å². The van der Waals surface area contributed by atoms with Crippen molar-refractivity contribution >= 4 is 7.82 Å². The number of nitrogens with one attached hydrogen (secondary N) is 2. The van der Waals surface area contributed by atoms with Crippen molar-refractivity contribution < 1.29 is 34.2 Å². The minimum absolute atomic E-state index is 0.0637. The first kappa shape index (κ1) is 33.7. The van der Waals surface area contributed by atoms with Crippen LogP contribution in [-0.4, -0.2) is 49.4 Å². The number of benzene rings is 4. The standard InChI is InChI=1S/C34H41N2O7P/c37-23-29-15-11-27(12-16-29)21-35-31(19-25-7-3-1-4-8-25)33(39)34(43-44(40,41)42)32(20-26-9-5-2-6-10-26)36-22-28-13-17-30(24-38)18-14-28/h1-18,31-39H,19-24H2,(H2,40,41,42)/t31-,32-,33+,34+/m1/s1. The molecule has 0 radical (unpaired) electrons. The molecule has 4 rings (SSSR count). The normalized spacial score (nSPS) is 14.6. The predicted molar refractivity (Wildman–Crippen MR) is 169 cm³/mol. The first-order valence-electron chi connectivity index (χ1n) is 14.6. The maximum atomic E-state index is 12.3. The molecule has 4 aromatic carbocycles. The van der Waals surface area contributed by atoms with Crippen LogP contribution < -0.4 is 10.6 Å². The topological polar surface area (TPSA) is 152 Å². The smallest absolute Gasteiger partial charge is 0.392 e. The fraction of sp³-hybridized carbons (Fsp3) is 0.294. The van der Waals surface area contributed by atoms with Crippen LogP contribution in [0.3, 0.4) is 0 Å². The fourth-order valence-electron chi connectivity index (χ4n) is 5.14. The third kappa shape index (κ3) is 10.7. The molecule has 0 heterocycles. The maximum absolute atomic E-state index is 12.3. The van der Waals surface area contributed by atoms with Crippen LogP contribution in [0.15, 0.2) is 109 Å². The largest absolute Gasteiger partial charge is 0.469 e. The molecule has 0 saturated heterocycles. The van der Waals surface area contributed by atoms with Crippen molar-refractivity contribution in [1.29, 1.82) is 0 Å². The molecule has 0 bridgehead atoms. The van der Waals surface area contributed by atoms with Gasteiger partial charge < -0.3 is 35.7 Å². The van der Waals surface area contributed by atoms with Crippen LogP contribution in [0.25, 0.3) is 0 Å². The molecule has 4 atom stereocenters. The second-order valence-corrected chi connectivity index (χ2v) is 12.0. The maximum Gasteiger partial charge on any atom is 0.469 e. The Morgan fingerprint density at radius 2 is 0.955 bits per heavy atom. The second-order valence-electron chi connectivity index (χ2n) is 10.9. The van der Waals surface area contributed by atoms with Gasteiger partial charge in [0.25, 0.3) is 0 Å². The molecule has 0 fully saturated rings. The van der Waals surface area contributed by atoms with E-state index in [1.165, 1.54) is 0 Å². The molecule has 44 heavy (non-hydrogen) atoms. The number of hydrogen-bond acceptors (Lipinski definition) is 7. The van der Waals surface area contributed by atoms with E-state index in [0.717, 1.165) is 33.4 Å². The van der Waals surface area contributed by atoms with Gasteiger partial charge in [-0.05, 0) is 46.2 Å². The molecular formula is C34H41N2O7P. The first-order chi connectivity index (χ1) is 21.2. The molecule has 0 unspecified atom stereocenters. The highest BCUT2D eigenvalue weighted by Crippen LogP contribution is 2.40. The van der Waals surface area contributed by atoms with Gasteiger partial charge in [0.15, 0.2) is 0 Å². The van der Waals surface area contributed by atoms with Gasteiger partial charge in [0, 0.05) is 25.2 Å². The van der Waals surface area contributed by atoms with Crippen molar-refractivity contribution in [3.63, 3.8) is 0 Å². The Bertz CT molecular complexity index is 1430. The summed E-state index contributed by atoms with van der Waals surface area (Å²) in [5.41, 5.74) is 5.22. The van der Waals surface area contributed by atoms with Crippen molar-refractivity contribution in [3.8, 4) is 0 Å². The number of phosphoric ester groups is 1. The van der Waals surface area contributed by atoms with Gasteiger partial charge in [-0.15, -0.1) is 0 Å². The van der Waals surface area contributed by atoms with Crippen LogP contribution >= 0.6 is 7.82 Å². The molecular weight excluding hydrogens is 579 g/mol. The molecule has 9 nitrogen and oxygen atoms in total. The summed E-state index contributed by atoms with van der Waals surface area (Å²) in [4.78, 5) is 20.0. The Hall–Kier alpha value is -3.21. The molecule has 0 amide bonds. The highest BCUT2D eigenvalue weighted by atomic mass is 31.2. The molecule has 0 aliphatic heterocycles. The molecule has 7 N–H and O–H groups in total. The molecule has 0 aliphatic rings. The zero-order valence-corrected chi connectivity index (χ0v) is 25.3. The van der Waals surface area contributed by atoms with Crippen molar-refractivity contribution in [2.75, 3.05) is 0 Å². The predicted octanol–water partition coefficient (Wildman–Crippen LogP) is 3.61. The van der Waals surface area contributed by atoms with Gasteiger partial charge in [-0.3, -0.25) is 4.52 Å². The minimum atomic E-state index is -5.03. The van der Waals surface area contributed by atoms with Crippen molar-refractivity contribution in [2.45, 2.75) is 63.4 Å². The van der Waals surface area contributed by atoms with Crippen molar-refractivity contribution in [2.24, 2.45) is 0 Å². The van der Waals surface area contributed by atoms with Crippen LogP contribution in [0.5, 0.6) is 0 Å². The number of hydrogen-bond donors (Lipinski definition) is 7. The SMILES string of the molecule is O=P(O)(O)O[C@H]([C@@H](O)[C@@H](Cc1ccccc1)NCc1ccc(CO)cc1)[C@@H](Cc1ccccc1)NCc1ccc(CO)cc1. The highest BCUT2D eigenvalue weighted by molar-refractivity contribution is 7.46. The molecule has 10 heteroatoms. The molecule has 234 valence electrons. The molecule has 4 aromatic rings. The van der Waals surface area contributed by atoms with Crippen LogP contribution in [0.1, 0.15) is 33.4 Å². The monoisotopic (exact) mass is 620 g/mol. The van der Waals surface area contributed by atoms with E-state index in [0.29, 0.717) is 25.9 Å². The number of rotatable bonds is 17. The Morgan fingerprint density at radius 1 is 0.568 bits per heavy atom. The minimum Gasteiger partial charge on any atom is -0.392 e. The van der Waals surface area contributed by atoms with E-state index >= 15 is 0 Å². The van der Waals surface area contributed by atoms with Crippen LogP contribution in [0, 0.1) is 0 Å². The van der Waals surface area contributed by atoms with Gasteiger partial charge >= 0.3 is 7.82 Å². The quantitative estimate of drug-likeness (QED) is 0.0879. The molecule has 0 aliphatic carbocycles. The van der Waals surface area contributed by atoms with E-state index < -0.39 is 32.1 Å². The van der Waals surface area contributed by atoms with E-state index in [1.807, 2.05) is 109 Å². The average Bonchev–Trinajstić information content (AvgIpc) is 3.04. The lowest BCUT2D eigenvalue weighted by atomic mass is 9.91. The van der Waals surface area contributed by atoms with E-state index in [-0.39, 0.29) is 13.2 Å². The lowest BCUT2D eigenvalue weighted by Crippen LogP contribution is -2.56. The third-order valence-corrected chi connectivity index (χ3v) is 8.07. The van der Waals surface area contributed by atoms with Crippen LogP contribution in [0.4, 0.5) is 0 Å². The Morgan fingerprint density at radius 3 is 1.36 bits per heavy atom. The summed E-state index contributed by atoms with van der Waals surface area (Å²) in [6.45, 7) is 0.573. The lowest BCUT2D eigenvalue weighted by Gasteiger charge is -2.36. The summed E-state index contributed by atoms with van der Waals surface area (Å²) in [5, 5.41) is 37.5. The molecule has 0 aromatic heterocycles. The van der Waals surface area contributed by atoms with Gasteiger partial charge in [0.05, 0.1) is 19.3 Å². The highest BCUT2D eigenvalue weighted by Gasteiger charge is 2.39. The van der Waals surface area contributed by atoms with Crippen molar-refractivity contribution in [1.82, 2.24) is 10.6 Å². The summed E-state index contributed by atoms with van der Waals surface area (Å²) in [5.74, 6) is 0. The van der Waals surface area contributed by atoms with Crippen molar-refractivity contribution in [3.05, 3.63) is 143 Å². The van der Waals surface area contributed by atoms with Crippen LogP contribution in [-0.2, 0) is 48.2 Å². The Balaban J connectivity index is 1.64. The second kappa shape index (κ2) is 16.7. The summed E-state index contributed by atoms with van der Waals surface area (Å²) in [6, 6.07) is 32.5. The fourth-order valence-corrected chi connectivity index (χ4v) is 5.73. The summed E-state index contributed by atoms with van der Waals surface area (Å²) in [7, 11) is -5.03. The van der Waals surface area contributed by atoms with E-state index in [2.05, 4.69) is 10.6 Å². The van der Waals surface area contributed by atoms with Gasteiger partial charge in [-0.1, -0.05) is 109 Å². The van der Waals surface area contributed by atoms with E-state index in [9.17, 15) is 29.7 Å². The molecule has 0 spiro atoms.